The Bertz CT molecular complexity index is 756. The lowest BCUT2D eigenvalue weighted by atomic mass is 10.1. The molecule has 130 valence electrons. The number of hydrogen-bond acceptors (Lipinski definition) is 3. The first-order valence-electron chi connectivity index (χ1n) is 8.19. The van der Waals surface area contributed by atoms with E-state index >= 15 is 0 Å². The zero-order chi connectivity index (χ0) is 17.6. The smallest absolute Gasteiger partial charge is 0.258 e. The van der Waals surface area contributed by atoms with Crippen molar-refractivity contribution in [1.82, 2.24) is 5.32 Å². The third-order valence-corrected chi connectivity index (χ3v) is 4.04. The van der Waals surface area contributed by atoms with Gasteiger partial charge in [0.25, 0.3) is 11.8 Å². The fourth-order valence-electron chi connectivity index (χ4n) is 2.66. The first-order valence-corrected chi connectivity index (χ1v) is 8.19. The predicted octanol–water partition coefficient (Wildman–Crippen LogP) is 2.99. The van der Waals surface area contributed by atoms with Gasteiger partial charge in [-0.25, -0.2) is 4.39 Å². The Balaban J connectivity index is 1.57. The zero-order valence-electron chi connectivity index (χ0n) is 13.6. The second-order valence-electron chi connectivity index (χ2n) is 5.86. The van der Waals surface area contributed by atoms with Crippen LogP contribution in [0.5, 0.6) is 0 Å². The fourth-order valence-corrected chi connectivity index (χ4v) is 2.66. The fraction of sp³-hybridized carbons (Fsp3) is 0.263. The van der Waals surface area contributed by atoms with Gasteiger partial charge in [-0.1, -0.05) is 12.1 Å². The van der Waals surface area contributed by atoms with Crippen LogP contribution in [0.1, 0.15) is 33.6 Å². The van der Waals surface area contributed by atoms with E-state index in [0.29, 0.717) is 17.8 Å². The highest BCUT2D eigenvalue weighted by atomic mass is 19.1. The molecule has 2 N–H and O–H groups in total. The summed E-state index contributed by atoms with van der Waals surface area (Å²) < 4.78 is 19.1. The second-order valence-corrected chi connectivity index (χ2v) is 5.86. The number of anilines is 1. The highest BCUT2D eigenvalue weighted by molar-refractivity contribution is 6.04. The Kier molecular flexibility index (Phi) is 5.40. The van der Waals surface area contributed by atoms with E-state index < -0.39 is 11.7 Å². The minimum atomic E-state index is -0.579. The summed E-state index contributed by atoms with van der Waals surface area (Å²) in [4.78, 5) is 24.2. The van der Waals surface area contributed by atoms with E-state index in [1.807, 2.05) is 0 Å². The lowest BCUT2D eigenvalue weighted by Gasteiger charge is -2.11. The largest absolute Gasteiger partial charge is 0.376 e. The highest BCUT2D eigenvalue weighted by Gasteiger charge is 2.17. The highest BCUT2D eigenvalue weighted by Crippen LogP contribution is 2.14. The van der Waals surface area contributed by atoms with Crippen molar-refractivity contribution in [3.8, 4) is 0 Å². The van der Waals surface area contributed by atoms with Crippen LogP contribution < -0.4 is 10.6 Å². The van der Waals surface area contributed by atoms with Crippen LogP contribution in [0.3, 0.4) is 0 Å². The molecule has 2 amide bonds. The molecule has 1 aliphatic heterocycles. The van der Waals surface area contributed by atoms with E-state index in [2.05, 4.69) is 10.6 Å². The number of carbonyl (C=O) groups excluding carboxylic acids is 2. The van der Waals surface area contributed by atoms with Crippen molar-refractivity contribution in [3.05, 3.63) is 65.5 Å². The van der Waals surface area contributed by atoms with E-state index in [-0.39, 0.29) is 17.6 Å². The molecule has 0 aliphatic carbocycles. The number of benzene rings is 2. The van der Waals surface area contributed by atoms with Crippen LogP contribution in [0.4, 0.5) is 10.1 Å². The van der Waals surface area contributed by atoms with Crippen molar-refractivity contribution >= 4 is 17.5 Å². The monoisotopic (exact) mass is 342 g/mol. The average molecular weight is 342 g/mol. The number of ether oxygens (including phenoxy) is 1. The van der Waals surface area contributed by atoms with Crippen LogP contribution >= 0.6 is 0 Å². The molecular formula is C19H19FN2O3. The van der Waals surface area contributed by atoms with E-state index in [9.17, 15) is 14.0 Å². The van der Waals surface area contributed by atoms with E-state index in [1.54, 1.807) is 30.3 Å². The summed E-state index contributed by atoms with van der Waals surface area (Å²) in [6.07, 6.45) is 2.07. The van der Waals surface area contributed by atoms with Crippen LogP contribution in [0.25, 0.3) is 0 Å². The maximum Gasteiger partial charge on any atom is 0.258 e. The van der Waals surface area contributed by atoms with Gasteiger partial charge in [-0.05, 0) is 49.2 Å². The molecular weight excluding hydrogens is 323 g/mol. The van der Waals surface area contributed by atoms with Gasteiger partial charge in [0.05, 0.1) is 11.7 Å². The first-order chi connectivity index (χ1) is 12.1. The van der Waals surface area contributed by atoms with Crippen molar-refractivity contribution in [2.24, 2.45) is 0 Å². The minimum Gasteiger partial charge on any atom is -0.376 e. The van der Waals surface area contributed by atoms with Gasteiger partial charge in [0.15, 0.2) is 0 Å². The number of amides is 2. The van der Waals surface area contributed by atoms with Crippen molar-refractivity contribution in [3.63, 3.8) is 0 Å². The van der Waals surface area contributed by atoms with Gasteiger partial charge in [-0.2, -0.15) is 0 Å². The molecule has 1 heterocycles. The van der Waals surface area contributed by atoms with Crippen molar-refractivity contribution in [1.29, 1.82) is 0 Å². The number of nitrogens with one attached hydrogen (secondary N) is 2. The van der Waals surface area contributed by atoms with Gasteiger partial charge in [0.2, 0.25) is 0 Å². The SMILES string of the molecule is O=C(NC[C@@H]1CCCO1)c1ccc(NC(=O)c2ccccc2F)cc1. The van der Waals surface area contributed by atoms with Crippen molar-refractivity contribution in [2.75, 3.05) is 18.5 Å². The lowest BCUT2D eigenvalue weighted by molar-refractivity contribution is 0.0857. The van der Waals surface area contributed by atoms with Crippen LogP contribution in [-0.2, 0) is 4.74 Å². The summed E-state index contributed by atoms with van der Waals surface area (Å²) in [6, 6.07) is 12.2. The summed E-state index contributed by atoms with van der Waals surface area (Å²) >= 11 is 0. The molecule has 0 saturated carbocycles. The van der Waals surface area contributed by atoms with Crippen molar-refractivity contribution in [2.45, 2.75) is 18.9 Å². The van der Waals surface area contributed by atoms with Gasteiger partial charge in [-0.3, -0.25) is 9.59 Å². The quantitative estimate of drug-likeness (QED) is 0.878. The van der Waals surface area contributed by atoms with Crippen LogP contribution in [0.2, 0.25) is 0 Å². The Hall–Kier alpha value is -2.73. The Morgan fingerprint density at radius 1 is 1.08 bits per heavy atom. The number of hydrogen-bond donors (Lipinski definition) is 2. The molecule has 6 heteroatoms. The summed E-state index contributed by atoms with van der Waals surface area (Å²) in [5.41, 5.74) is 0.951. The Labute approximate surface area is 145 Å². The zero-order valence-corrected chi connectivity index (χ0v) is 13.6. The normalized spacial score (nSPS) is 16.4. The van der Waals surface area contributed by atoms with Gasteiger partial charge in [0.1, 0.15) is 5.82 Å². The number of halogens is 1. The molecule has 1 saturated heterocycles. The molecule has 1 atom stereocenters. The summed E-state index contributed by atoms with van der Waals surface area (Å²) in [5.74, 6) is -1.30. The molecule has 5 nitrogen and oxygen atoms in total. The van der Waals surface area contributed by atoms with Crippen molar-refractivity contribution < 1.29 is 18.7 Å². The molecule has 0 radical (unpaired) electrons. The number of rotatable bonds is 5. The van der Waals surface area contributed by atoms with Gasteiger partial charge < -0.3 is 15.4 Å². The molecule has 0 unspecified atom stereocenters. The maximum atomic E-state index is 13.6. The maximum absolute atomic E-state index is 13.6. The van der Waals surface area contributed by atoms with E-state index in [0.717, 1.165) is 19.4 Å². The molecule has 0 bridgehead atoms. The summed E-state index contributed by atoms with van der Waals surface area (Å²) in [5, 5.41) is 5.44. The first kappa shape index (κ1) is 17.1. The average Bonchev–Trinajstić information content (AvgIpc) is 3.14. The Morgan fingerprint density at radius 3 is 2.52 bits per heavy atom. The molecule has 3 rings (SSSR count). The van der Waals surface area contributed by atoms with Gasteiger partial charge >= 0.3 is 0 Å². The summed E-state index contributed by atoms with van der Waals surface area (Å²) in [7, 11) is 0. The lowest BCUT2D eigenvalue weighted by Crippen LogP contribution is -2.31. The second kappa shape index (κ2) is 7.90. The topological polar surface area (TPSA) is 67.4 Å². The van der Waals surface area contributed by atoms with Gasteiger partial charge in [-0.15, -0.1) is 0 Å². The number of carbonyl (C=O) groups is 2. The van der Waals surface area contributed by atoms with E-state index in [1.165, 1.54) is 18.2 Å². The molecule has 0 spiro atoms. The molecule has 25 heavy (non-hydrogen) atoms. The molecule has 1 aliphatic rings. The van der Waals surface area contributed by atoms with Crippen LogP contribution in [0.15, 0.2) is 48.5 Å². The molecule has 1 fully saturated rings. The third-order valence-electron chi connectivity index (χ3n) is 4.04. The van der Waals surface area contributed by atoms with Crippen LogP contribution in [-0.4, -0.2) is 31.1 Å². The third kappa shape index (κ3) is 4.42. The summed E-state index contributed by atoms with van der Waals surface area (Å²) in [6.45, 7) is 1.24. The Morgan fingerprint density at radius 2 is 1.84 bits per heavy atom. The van der Waals surface area contributed by atoms with Gasteiger partial charge in [0, 0.05) is 24.4 Å². The molecule has 2 aromatic carbocycles. The standard InChI is InChI=1S/C19H19FN2O3/c20-17-6-2-1-5-16(17)19(24)22-14-9-7-13(8-10-14)18(23)21-12-15-4-3-11-25-15/h1-2,5-10,15H,3-4,11-12H2,(H,21,23)(H,22,24)/t15-/m0/s1. The van der Waals surface area contributed by atoms with E-state index in [4.69, 9.17) is 4.74 Å². The molecule has 2 aromatic rings. The predicted molar refractivity (Wildman–Crippen MR) is 92.1 cm³/mol. The van der Waals surface area contributed by atoms with Crippen LogP contribution in [0, 0.1) is 5.82 Å². The minimum absolute atomic E-state index is 0.0270. The molecule has 0 aromatic heterocycles.